The van der Waals surface area contributed by atoms with Crippen LogP contribution in [0.15, 0.2) is 16.8 Å². The van der Waals surface area contributed by atoms with Gasteiger partial charge in [0.05, 0.1) is 6.04 Å². The molecule has 14 heavy (non-hydrogen) atoms. The Morgan fingerprint density at radius 2 is 2.50 bits per heavy atom. The van der Waals surface area contributed by atoms with Gasteiger partial charge in [-0.3, -0.25) is 4.99 Å². The van der Waals surface area contributed by atoms with Crippen LogP contribution in [0.3, 0.4) is 0 Å². The Bertz CT molecular complexity index is 307. The third-order valence-electron chi connectivity index (χ3n) is 3.25. The number of nitrogens with zero attached hydrogens (tertiary/aromatic N) is 2. The number of rotatable bonds is 0. The van der Waals surface area contributed by atoms with Crippen LogP contribution in [0.5, 0.6) is 0 Å². The average molecular weight is 192 g/mol. The first-order valence-corrected chi connectivity index (χ1v) is 5.38. The number of nitrogens with one attached hydrogen (secondary N) is 1. The van der Waals surface area contributed by atoms with Gasteiger partial charge in [-0.2, -0.15) is 0 Å². The van der Waals surface area contributed by atoms with E-state index in [9.17, 15) is 0 Å². The molecule has 4 nitrogen and oxygen atoms in total. The largest absolute Gasteiger partial charge is 0.334 e. The summed E-state index contributed by atoms with van der Waals surface area (Å²) in [5.74, 6) is 1.07. The van der Waals surface area contributed by atoms with Crippen molar-refractivity contribution in [1.82, 2.24) is 10.2 Å². The smallest absolute Gasteiger partial charge is 0.198 e. The standard InChI is InChI=1S/C10H16N4/c11-7-2-3-8-9(6-7)14-5-1-4-12-10(14)13-8/h3,7,9H,1-2,4-6,11H2,(H,12,13). The highest BCUT2D eigenvalue weighted by Crippen LogP contribution is 2.27. The predicted molar refractivity (Wildman–Crippen MR) is 55.8 cm³/mol. The maximum Gasteiger partial charge on any atom is 0.198 e. The first-order valence-electron chi connectivity index (χ1n) is 5.38. The maximum atomic E-state index is 5.97. The highest BCUT2D eigenvalue weighted by molar-refractivity contribution is 5.86. The number of aliphatic imine (C=N–C) groups is 1. The van der Waals surface area contributed by atoms with Crippen LogP contribution in [0.25, 0.3) is 0 Å². The van der Waals surface area contributed by atoms with Crippen LogP contribution >= 0.6 is 0 Å². The average Bonchev–Trinajstić information content (AvgIpc) is 2.56. The molecule has 2 heterocycles. The zero-order valence-electron chi connectivity index (χ0n) is 8.24. The van der Waals surface area contributed by atoms with Crippen molar-refractivity contribution in [3.8, 4) is 0 Å². The van der Waals surface area contributed by atoms with Crippen molar-refractivity contribution in [2.24, 2.45) is 10.7 Å². The van der Waals surface area contributed by atoms with E-state index < -0.39 is 0 Å². The van der Waals surface area contributed by atoms with E-state index in [0.717, 1.165) is 31.9 Å². The molecule has 1 aliphatic carbocycles. The molecule has 3 rings (SSSR count). The summed E-state index contributed by atoms with van der Waals surface area (Å²) in [6, 6.07) is 0.810. The molecule has 4 heteroatoms. The highest BCUT2D eigenvalue weighted by Gasteiger charge is 2.37. The number of hydrogen-bond donors (Lipinski definition) is 2. The van der Waals surface area contributed by atoms with Crippen molar-refractivity contribution >= 4 is 5.96 Å². The van der Waals surface area contributed by atoms with Crippen LogP contribution in [0.1, 0.15) is 19.3 Å². The number of hydrogen-bond acceptors (Lipinski definition) is 4. The van der Waals surface area contributed by atoms with Gasteiger partial charge in [-0.15, -0.1) is 0 Å². The molecule has 2 unspecified atom stereocenters. The van der Waals surface area contributed by atoms with Crippen LogP contribution in [0.2, 0.25) is 0 Å². The molecular weight excluding hydrogens is 176 g/mol. The fraction of sp³-hybridized carbons (Fsp3) is 0.700. The lowest BCUT2D eigenvalue weighted by atomic mass is 9.95. The predicted octanol–water partition coefficient (Wildman–Crippen LogP) is 0.0249. The molecule has 0 bridgehead atoms. The second-order valence-electron chi connectivity index (χ2n) is 4.28. The molecule has 1 saturated heterocycles. The third-order valence-corrected chi connectivity index (χ3v) is 3.25. The van der Waals surface area contributed by atoms with Crippen LogP contribution < -0.4 is 11.1 Å². The van der Waals surface area contributed by atoms with Gasteiger partial charge in [-0.05, 0) is 19.3 Å². The molecule has 2 atom stereocenters. The number of nitrogens with two attached hydrogens (primary N) is 1. The Hall–Kier alpha value is -1.03. The van der Waals surface area contributed by atoms with E-state index in [4.69, 9.17) is 5.73 Å². The van der Waals surface area contributed by atoms with E-state index >= 15 is 0 Å². The van der Waals surface area contributed by atoms with Gasteiger partial charge in [0.25, 0.3) is 0 Å². The summed E-state index contributed by atoms with van der Waals surface area (Å²) in [6.45, 7) is 2.09. The SMILES string of the molecule is NC1CC=C2NC3=NCCCN3C2C1. The van der Waals surface area contributed by atoms with Crippen molar-refractivity contribution in [3.63, 3.8) is 0 Å². The minimum atomic E-state index is 0.326. The topological polar surface area (TPSA) is 53.6 Å². The van der Waals surface area contributed by atoms with Crippen molar-refractivity contribution in [2.45, 2.75) is 31.3 Å². The normalized spacial score (nSPS) is 35.4. The van der Waals surface area contributed by atoms with Crippen LogP contribution in [0, 0.1) is 0 Å². The minimum absolute atomic E-state index is 0.326. The van der Waals surface area contributed by atoms with E-state index in [1.54, 1.807) is 0 Å². The molecular formula is C10H16N4. The fourth-order valence-electron chi connectivity index (χ4n) is 2.52. The summed E-state index contributed by atoms with van der Waals surface area (Å²) in [5.41, 5.74) is 7.30. The maximum absolute atomic E-state index is 5.97. The Labute approximate surface area is 83.9 Å². The van der Waals surface area contributed by atoms with E-state index in [1.165, 1.54) is 12.1 Å². The van der Waals surface area contributed by atoms with Gasteiger partial charge >= 0.3 is 0 Å². The molecule has 0 radical (unpaired) electrons. The Balaban J connectivity index is 1.91. The van der Waals surface area contributed by atoms with Crippen LogP contribution in [-0.4, -0.2) is 36.0 Å². The van der Waals surface area contributed by atoms with Crippen LogP contribution in [0.4, 0.5) is 0 Å². The van der Waals surface area contributed by atoms with Gasteiger partial charge in [0.15, 0.2) is 5.96 Å². The first kappa shape index (κ1) is 8.29. The van der Waals surface area contributed by atoms with E-state index in [0.29, 0.717) is 12.1 Å². The monoisotopic (exact) mass is 192 g/mol. The summed E-state index contributed by atoms with van der Waals surface area (Å²) in [5, 5.41) is 3.40. The lowest BCUT2D eigenvalue weighted by Gasteiger charge is -2.30. The highest BCUT2D eigenvalue weighted by atomic mass is 15.4. The zero-order chi connectivity index (χ0) is 9.54. The van der Waals surface area contributed by atoms with Crippen molar-refractivity contribution < 1.29 is 0 Å². The van der Waals surface area contributed by atoms with Gasteiger partial charge in [0, 0.05) is 24.8 Å². The van der Waals surface area contributed by atoms with E-state index in [2.05, 4.69) is 21.3 Å². The summed E-state index contributed by atoms with van der Waals surface area (Å²) < 4.78 is 0. The minimum Gasteiger partial charge on any atom is -0.334 e. The van der Waals surface area contributed by atoms with E-state index in [-0.39, 0.29) is 0 Å². The molecule has 1 fully saturated rings. The molecule has 0 spiro atoms. The van der Waals surface area contributed by atoms with Crippen molar-refractivity contribution in [3.05, 3.63) is 11.8 Å². The fourth-order valence-corrected chi connectivity index (χ4v) is 2.52. The van der Waals surface area contributed by atoms with Gasteiger partial charge in [-0.1, -0.05) is 6.08 Å². The number of guanidine groups is 1. The summed E-state index contributed by atoms with van der Waals surface area (Å²) in [4.78, 5) is 6.86. The van der Waals surface area contributed by atoms with E-state index in [1.807, 2.05) is 0 Å². The van der Waals surface area contributed by atoms with Gasteiger partial charge in [0.2, 0.25) is 0 Å². The lowest BCUT2D eigenvalue weighted by Crippen LogP contribution is -2.42. The second kappa shape index (κ2) is 2.98. The Morgan fingerprint density at radius 1 is 1.57 bits per heavy atom. The molecule has 76 valence electrons. The Kier molecular flexibility index (Phi) is 1.77. The second-order valence-corrected chi connectivity index (χ2v) is 4.28. The summed E-state index contributed by atoms with van der Waals surface area (Å²) in [7, 11) is 0. The van der Waals surface area contributed by atoms with Crippen LogP contribution in [-0.2, 0) is 0 Å². The van der Waals surface area contributed by atoms with Crippen molar-refractivity contribution in [1.29, 1.82) is 0 Å². The van der Waals surface area contributed by atoms with Gasteiger partial charge in [-0.25, -0.2) is 0 Å². The van der Waals surface area contributed by atoms with Gasteiger partial charge in [0.1, 0.15) is 0 Å². The molecule has 0 aromatic rings. The molecule has 3 N–H and O–H groups in total. The molecule has 3 aliphatic rings. The number of fused-ring (bicyclic) bond motifs is 3. The summed E-state index contributed by atoms with van der Waals surface area (Å²) in [6.07, 6.45) is 5.47. The molecule has 0 saturated carbocycles. The first-order chi connectivity index (χ1) is 6.84. The Morgan fingerprint density at radius 3 is 3.43 bits per heavy atom. The third kappa shape index (κ3) is 1.14. The molecule has 0 aromatic carbocycles. The quantitative estimate of drug-likeness (QED) is 0.569. The lowest BCUT2D eigenvalue weighted by molar-refractivity contribution is 0.312. The van der Waals surface area contributed by atoms with Gasteiger partial charge < -0.3 is 16.0 Å². The zero-order valence-corrected chi connectivity index (χ0v) is 8.24. The molecule has 2 aliphatic heterocycles. The summed E-state index contributed by atoms with van der Waals surface area (Å²) >= 11 is 0. The van der Waals surface area contributed by atoms with Crippen molar-refractivity contribution in [2.75, 3.05) is 13.1 Å². The molecule has 0 aromatic heterocycles. The molecule has 0 amide bonds.